The van der Waals surface area contributed by atoms with Crippen molar-refractivity contribution in [2.24, 2.45) is 0 Å². The fraction of sp³-hybridized carbons (Fsp3) is 0.438. The average Bonchev–Trinajstić information content (AvgIpc) is 3.13. The van der Waals surface area contributed by atoms with Crippen molar-refractivity contribution in [2.45, 2.75) is 39.0 Å². The monoisotopic (exact) mass is 288 g/mol. The molecule has 0 saturated carbocycles. The minimum absolute atomic E-state index is 0.362. The maximum Gasteiger partial charge on any atom is 0.0794 e. The normalized spacial score (nSPS) is 15.2. The molecular formula is C16H20N2OS. The van der Waals surface area contributed by atoms with Crippen LogP contribution in [0.25, 0.3) is 0 Å². The van der Waals surface area contributed by atoms with Gasteiger partial charge < -0.3 is 10.1 Å². The van der Waals surface area contributed by atoms with Crippen LogP contribution in [-0.2, 0) is 24.4 Å². The lowest BCUT2D eigenvalue weighted by Crippen LogP contribution is -2.24. The SMILES string of the molecule is CCCNC(Cc1cncs1)c1ccc2c(c1)COC2. The van der Waals surface area contributed by atoms with E-state index in [0.717, 1.165) is 32.6 Å². The molecule has 0 aliphatic carbocycles. The van der Waals surface area contributed by atoms with Crippen LogP contribution in [0.4, 0.5) is 0 Å². The molecular weight excluding hydrogens is 268 g/mol. The van der Waals surface area contributed by atoms with Crippen molar-refractivity contribution in [3.63, 3.8) is 0 Å². The van der Waals surface area contributed by atoms with Gasteiger partial charge in [0.15, 0.2) is 0 Å². The number of nitrogens with zero attached hydrogens (tertiary/aromatic N) is 1. The summed E-state index contributed by atoms with van der Waals surface area (Å²) in [5.41, 5.74) is 5.94. The fourth-order valence-corrected chi connectivity index (χ4v) is 3.22. The summed E-state index contributed by atoms with van der Waals surface area (Å²) in [5.74, 6) is 0. The summed E-state index contributed by atoms with van der Waals surface area (Å²) in [6.45, 7) is 4.76. The van der Waals surface area contributed by atoms with Crippen molar-refractivity contribution in [1.29, 1.82) is 0 Å². The Morgan fingerprint density at radius 3 is 3.05 bits per heavy atom. The molecule has 1 atom stereocenters. The van der Waals surface area contributed by atoms with Gasteiger partial charge in [-0.05, 0) is 29.7 Å². The van der Waals surface area contributed by atoms with Crippen LogP contribution in [0.2, 0.25) is 0 Å². The van der Waals surface area contributed by atoms with Crippen LogP contribution in [-0.4, -0.2) is 11.5 Å². The number of aromatic nitrogens is 1. The summed E-state index contributed by atoms with van der Waals surface area (Å²) in [5, 5.41) is 3.65. The van der Waals surface area contributed by atoms with E-state index in [0.29, 0.717) is 6.04 Å². The Morgan fingerprint density at radius 2 is 2.25 bits per heavy atom. The molecule has 106 valence electrons. The van der Waals surface area contributed by atoms with Crippen molar-refractivity contribution in [3.05, 3.63) is 51.5 Å². The molecule has 20 heavy (non-hydrogen) atoms. The van der Waals surface area contributed by atoms with Gasteiger partial charge in [0.25, 0.3) is 0 Å². The van der Waals surface area contributed by atoms with Gasteiger partial charge in [0.1, 0.15) is 0 Å². The number of hydrogen-bond donors (Lipinski definition) is 1. The van der Waals surface area contributed by atoms with Crippen LogP contribution in [0.15, 0.2) is 29.9 Å². The second-order valence-corrected chi connectivity index (χ2v) is 6.17. The molecule has 1 aliphatic heterocycles. The molecule has 0 saturated heterocycles. The van der Waals surface area contributed by atoms with Crippen molar-refractivity contribution in [3.8, 4) is 0 Å². The van der Waals surface area contributed by atoms with E-state index in [1.807, 2.05) is 11.7 Å². The highest BCUT2D eigenvalue weighted by Crippen LogP contribution is 2.26. The minimum Gasteiger partial charge on any atom is -0.372 e. The maximum absolute atomic E-state index is 5.51. The highest BCUT2D eigenvalue weighted by atomic mass is 32.1. The predicted molar refractivity (Wildman–Crippen MR) is 81.8 cm³/mol. The molecule has 0 fully saturated rings. The molecule has 3 nitrogen and oxygen atoms in total. The predicted octanol–water partition coefficient (Wildman–Crippen LogP) is 3.46. The van der Waals surface area contributed by atoms with Gasteiger partial charge in [-0.1, -0.05) is 25.1 Å². The van der Waals surface area contributed by atoms with Crippen molar-refractivity contribution in [2.75, 3.05) is 6.54 Å². The molecule has 4 heteroatoms. The van der Waals surface area contributed by atoms with Gasteiger partial charge in [-0.2, -0.15) is 0 Å². The van der Waals surface area contributed by atoms with Crippen LogP contribution in [0.3, 0.4) is 0 Å². The lowest BCUT2D eigenvalue weighted by molar-refractivity contribution is 0.134. The highest BCUT2D eigenvalue weighted by molar-refractivity contribution is 7.09. The molecule has 1 aromatic heterocycles. The van der Waals surface area contributed by atoms with Gasteiger partial charge in [0, 0.05) is 23.5 Å². The number of hydrogen-bond acceptors (Lipinski definition) is 4. The zero-order valence-electron chi connectivity index (χ0n) is 11.8. The molecule has 1 aromatic carbocycles. The van der Waals surface area contributed by atoms with Crippen LogP contribution in [0, 0.1) is 0 Å². The Bertz CT molecular complexity index is 554. The van der Waals surface area contributed by atoms with Gasteiger partial charge in [-0.3, -0.25) is 4.98 Å². The zero-order chi connectivity index (χ0) is 13.8. The molecule has 0 spiro atoms. The Balaban J connectivity index is 1.80. The van der Waals surface area contributed by atoms with Crippen LogP contribution in [0.1, 0.15) is 41.0 Å². The molecule has 3 rings (SSSR count). The largest absolute Gasteiger partial charge is 0.372 e. The molecule has 0 radical (unpaired) electrons. The lowest BCUT2D eigenvalue weighted by atomic mass is 9.98. The molecule has 2 aromatic rings. The Kier molecular flexibility index (Phi) is 4.45. The molecule has 0 amide bonds. The van der Waals surface area contributed by atoms with E-state index in [4.69, 9.17) is 4.74 Å². The fourth-order valence-electron chi connectivity index (χ4n) is 2.58. The van der Waals surface area contributed by atoms with Gasteiger partial charge in [0.05, 0.1) is 18.7 Å². The third-order valence-electron chi connectivity index (χ3n) is 3.68. The number of ether oxygens (including phenoxy) is 1. The molecule has 2 heterocycles. The summed E-state index contributed by atoms with van der Waals surface area (Å²) in [7, 11) is 0. The number of rotatable bonds is 6. The summed E-state index contributed by atoms with van der Waals surface area (Å²) >= 11 is 1.73. The van der Waals surface area contributed by atoms with Crippen molar-refractivity contribution in [1.82, 2.24) is 10.3 Å². The smallest absolute Gasteiger partial charge is 0.0794 e. The quantitative estimate of drug-likeness (QED) is 0.884. The van der Waals surface area contributed by atoms with Gasteiger partial charge in [0.2, 0.25) is 0 Å². The molecule has 1 unspecified atom stereocenters. The van der Waals surface area contributed by atoms with E-state index in [2.05, 4.69) is 35.4 Å². The summed E-state index contributed by atoms with van der Waals surface area (Å²) in [6, 6.07) is 7.12. The Hall–Kier alpha value is -1.23. The van der Waals surface area contributed by atoms with Crippen LogP contribution >= 0.6 is 11.3 Å². The second-order valence-electron chi connectivity index (χ2n) is 5.20. The lowest BCUT2D eigenvalue weighted by Gasteiger charge is -2.19. The highest BCUT2D eigenvalue weighted by Gasteiger charge is 2.17. The number of fused-ring (bicyclic) bond motifs is 1. The molecule has 1 aliphatic rings. The Labute approximate surface area is 124 Å². The van der Waals surface area contributed by atoms with Crippen LogP contribution < -0.4 is 5.32 Å². The topological polar surface area (TPSA) is 34.2 Å². The van der Waals surface area contributed by atoms with Gasteiger partial charge >= 0.3 is 0 Å². The van der Waals surface area contributed by atoms with Crippen molar-refractivity contribution < 1.29 is 4.74 Å². The van der Waals surface area contributed by atoms with Gasteiger partial charge in [-0.25, -0.2) is 0 Å². The van der Waals surface area contributed by atoms with E-state index in [1.54, 1.807) is 11.3 Å². The number of nitrogens with one attached hydrogen (secondary N) is 1. The number of benzene rings is 1. The summed E-state index contributed by atoms with van der Waals surface area (Å²) < 4.78 is 5.51. The van der Waals surface area contributed by atoms with E-state index in [-0.39, 0.29) is 0 Å². The first-order chi connectivity index (χ1) is 9.86. The third kappa shape index (κ3) is 3.08. The molecule has 0 bridgehead atoms. The average molecular weight is 288 g/mol. The first-order valence-corrected chi connectivity index (χ1v) is 8.05. The standard InChI is InChI=1S/C16H20N2OS/c1-2-5-18-16(7-15-8-17-11-20-15)12-3-4-13-9-19-10-14(13)6-12/h3-4,6,8,11,16,18H,2,5,7,9-10H2,1H3. The third-order valence-corrected chi connectivity index (χ3v) is 4.48. The Morgan fingerprint density at radius 1 is 1.35 bits per heavy atom. The summed E-state index contributed by atoms with van der Waals surface area (Å²) in [6.07, 6.45) is 4.12. The second kappa shape index (κ2) is 6.48. The number of thiazole rings is 1. The molecule has 1 N–H and O–H groups in total. The first kappa shape index (κ1) is 13.7. The minimum atomic E-state index is 0.362. The van der Waals surface area contributed by atoms with E-state index in [1.165, 1.54) is 21.6 Å². The van der Waals surface area contributed by atoms with E-state index in [9.17, 15) is 0 Å². The van der Waals surface area contributed by atoms with E-state index >= 15 is 0 Å². The summed E-state index contributed by atoms with van der Waals surface area (Å²) in [4.78, 5) is 5.51. The first-order valence-electron chi connectivity index (χ1n) is 7.17. The van der Waals surface area contributed by atoms with Crippen LogP contribution in [0.5, 0.6) is 0 Å². The van der Waals surface area contributed by atoms with E-state index < -0.39 is 0 Å². The van der Waals surface area contributed by atoms with Gasteiger partial charge in [-0.15, -0.1) is 11.3 Å². The van der Waals surface area contributed by atoms with Crippen molar-refractivity contribution >= 4 is 11.3 Å². The zero-order valence-corrected chi connectivity index (χ0v) is 12.6. The maximum atomic E-state index is 5.51.